The number of aryl methyl sites for hydroxylation is 1. The van der Waals surface area contributed by atoms with E-state index in [9.17, 15) is 26.4 Å². The molecule has 0 aliphatic heterocycles. The molecule has 3 aromatic rings. The van der Waals surface area contributed by atoms with E-state index < -0.39 is 34.2 Å². The van der Waals surface area contributed by atoms with Gasteiger partial charge in [-0.1, -0.05) is 24.3 Å². The van der Waals surface area contributed by atoms with Gasteiger partial charge in [0.05, 0.1) is 22.4 Å². The number of thiophene rings is 1. The molecule has 168 valence electrons. The van der Waals surface area contributed by atoms with Crippen LogP contribution in [0, 0.1) is 6.92 Å². The van der Waals surface area contributed by atoms with Gasteiger partial charge >= 0.3 is 6.18 Å². The van der Waals surface area contributed by atoms with E-state index in [1.807, 2.05) is 18.4 Å². The van der Waals surface area contributed by atoms with Crippen molar-refractivity contribution in [3.8, 4) is 0 Å². The number of nitrogens with zero attached hydrogens (tertiary/aromatic N) is 2. The van der Waals surface area contributed by atoms with Gasteiger partial charge in [0.2, 0.25) is 0 Å². The summed E-state index contributed by atoms with van der Waals surface area (Å²) in [4.78, 5) is 13.1. The summed E-state index contributed by atoms with van der Waals surface area (Å²) in [6, 6.07) is 12.8. The number of sulfonamides is 1. The highest BCUT2D eigenvalue weighted by Gasteiger charge is 2.33. The van der Waals surface area contributed by atoms with Crippen LogP contribution in [0.15, 0.2) is 76.0 Å². The summed E-state index contributed by atoms with van der Waals surface area (Å²) in [7, 11) is -4.33. The lowest BCUT2D eigenvalue weighted by Gasteiger charge is -2.24. The third-order valence-corrected chi connectivity index (χ3v) is 7.09. The van der Waals surface area contributed by atoms with E-state index in [-0.39, 0.29) is 10.6 Å². The quantitative estimate of drug-likeness (QED) is 0.401. The Morgan fingerprint density at radius 2 is 1.84 bits per heavy atom. The summed E-state index contributed by atoms with van der Waals surface area (Å²) in [6.45, 7) is 1.10. The maximum atomic E-state index is 13.2. The number of benzene rings is 2. The molecule has 0 fully saturated rings. The number of hydrazone groups is 1. The molecule has 0 aliphatic rings. The van der Waals surface area contributed by atoms with Crippen molar-refractivity contribution in [1.82, 2.24) is 5.43 Å². The number of rotatable bonds is 7. The lowest BCUT2D eigenvalue weighted by atomic mass is 10.2. The molecule has 0 aliphatic carbocycles. The Morgan fingerprint density at radius 3 is 2.47 bits per heavy atom. The van der Waals surface area contributed by atoms with Crippen LogP contribution in [0.2, 0.25) is 0 Å². The summed E-state index contributed by atoms with van der Waals surface area (Å²) in [6.07, 6.45) is -3.26. The Bertz CT molecular complexity index is 1220. The van der Waals surface area contributed by atoms with Gasteiger partial charge < -0.3 is 0 Å². The van der Waals surface area contributed by atoms with Crippen LogP contribution in [0.25, 0.3) is 0 Å². The first-order chi connectivity index (χ1) is 15.1. The summed E-state index contributed by atoms with van der Waals surface area (Å²) < 4.78 is 66.5. The maximum Gasteiger partial charge on any atom is 0.416 e. The highest BCUT2D eigenvalue weighted by atomic mass is 32.2. The van der Waals surface area contributed by atoms with Gasteiger partial charge in [0.1, 0.15) is 6.54 Å². The smallest absolute Gasteiger partial charge is 0.271 e. The maximum absolute atomic E-state index is 13.2. The van der Waals surface area contributed by atoms with Gasteiger partial charge in [0, 0.05) is 4.88 Å². The van der Waals surface area contributed by atoms with Crippen molar-refractivity contribution >= 4 is 39.2 Å². The fourth-order valence-electron chi connectivity index (χ4n) is 2.72. The van der Waals surface area contributed by atoms with E-state index in [2.05, 4.69) is 10.5 Å². The number of amides is 1. The molecule has 11 heteroatoms. The fourth-order valence-corrected chi connectivity index (χ4v) is 4.94. The minimum absolute atomic E-state index is 0.164. The molecule has 6 nitrogen and oxygen atoms in total. The third kappa shape index (κ3) is 5.54. The molecular weight excluding hydrogens is 463 g/mol. The Labute approximate surface area is 187 Å². The fraction of sp³-hybridized carbons (Fsp3) is 0.143. The second kappa shape index (κ2) is 9.53. The number of nitrogens with one attached hydrogen (secondary N) is 1. The summed E-state index contributed by atoms with van der Waals surface area (Å²) in [5.41, 5.74) is 1.85. The van der Waals surface area contributed by atoms with Crippen LogP contribution in [0.5, 0.6) is 0 Å². The molecule has 0 atom stereocenters. The van der Waals surface area contributed by atoms with Crippen LogP contribution in [-0.2, 0) is 21.0 Å². The van der Waals surface area contributed by atoms with Crippen LogP contribution in [0.1, 0.15) is 16.0 Å². The minimum Gasteiger partial charge on any atom is -0.271 e. The zero-order chi connectivity index (χ0) is 23.4. The van der Waals surface area contributed by atoms with Crippen molar-refractivity contribution < 1.29 is 26.4 Å². The number of hydrogen-bond acceptors (Lipinski definition) is 5. The van der Waals surface area contributed by atoms with Crippen LogP contribution in [0.4, 0.5) is 18.9 Å². The lowest BCUT2D eigenvalue weighted by Crippen LogP contribution is -2.39. The number of carbonyl (C=O) groups excluding carboxylic acids is 1. The van der Waals surface area contributed by atoms with Crippen LogP contribution < -0.4 is 9.73 Å². The molecule has 1 N–H and O–H groups in total. The van der Waals surface area contributed by atoms with Crippen molar-refractivity contribution in [2.24, 2.45) is 5.10 Å². The topological polar surface area (TPSA) is 78.8 Å². The van der Waals surface area contributed by atoms with Gasteiger partial charge in [-0.2, -0.15) is 18.3 Å². The average molecular weight is 482 g/mol. The van der Waals surface area contributed by atoms with Crippen LogP contribution in [0.3, 0.4) is 0 Å². The molecule has 0 saturated heterocycles. The monoisotopic (exact) mass is 481 g/mol. The van der Waals surface area contributed by atoms with E-state index in [0.29, 0.717) is 10.4 Å². The van der Waals surface area contributed by atoms with Gasteiger partial charge in [-0.15, -0.1) is 11.3 Å². The van der Waals surface area contributed by atoms with Crippen molar-refractivity contribution in [2.45, 2.75) is 18.0 Å². The minimum atomic E-state index is -4.68. The molecule has 1 amide bonds. The first-order valence-corrected chi connectivity index (χ1v) is 11.5. The first kappa shape index (κ1) is 23.5. The van der Waals surface area contributed by atoms with E-state index in [0.717, 1.165) is 22.6 Å². The first-order valence-electron chi connectivity index (χ1n) is 9.20. The lowest BCUT2D eigenvalue weighted by molar-refractivity contribution is -0.137. The van der Waals surface area contributed by atoms with Crippen LogP contribution in [-0.4, -0.2) is 27.1 Å². The Kier molecular flexibility index (Phi) is 6.99. The largest absolute Gasteiger partial charge is 0.416 e. The molecule has 32 heavy (non-hydrogen) atoms. The molecule has 0 spiro atoms. The summed E-state index contributed by atoms with van der Waals surface area (Å²) >= 11 is 1.40. The summed E-state index contributed by atoms with van der Waals surface area (Å²) in [5.74, 6) is -0.813. The zero-order valence-electron chi connectivity index (χ0n) is 16.7. The number of hydrogen-bond donors (Lipinski definition) is 1. The molecule has 2 aromatic carbocycles. The number of carbonyl (C=O) groups is 1. The van der Waals surface area contributed by atoms with Gasteiger partial charge in [-0.25, -0.2) is 13.8 Å². The van der Waals surface area contributed by atoms with Gasteiger partial charge in [-0.3, -0.25) is 9.10 Å². The number of halogens is 3. The standard InChI is InChI=1S/C21H18F3N3O3S2/c1-15-10-11-31-19(15)13-25-26-20(28)14-27(32(29,30)18-8-3-2-4-9-18)17-7-5-6-16(12-17)21(22,23)24/h2-13H,14H2,1H3,(H,26,28)/b25-13-. The van der Waals surface area contributed by atoms with Crippen molar-refractivity contribution in [3.05, 3.63) is 82.0 Å². The molecule has 1 aromatic heterocycles. The second-order valence-electron chi connectivity index (χ2n) is 6.63. The van der Waals surface area contributed by atoms with E-state index in [1.54, 1.807) is 6.07 Å². The Hall–Kier alpha value is -3.18. The van der Waals surface area contributed by atoms with Crippen molar-refractivity contribution in [2.75, 3.05) is 10.8 Å². The highest BCUT2D eigenvalue weighted by molar-refractivity contribution is 7.92. The van der Waals surface area contributed by atoms with E-state index in [1.165, 1.54) is 47.9 Å². The average Bonchev–Trinajstić information content (AvgIpc) is 3.16. The Morgan fingerprint density at radius 1 is 1.12 bits per heavy atom. The molecule has 0 bridgehead atoms. The Balaban J connectivity index is 1.92. The predicted octanol–water partition coefficient (Wildman–Crippen LogP) is 4.42. The highest BCUT2D eigenvalue weighted by Crippen LogP contribution is 2.33. The number of anilines is 1. The third-order valence-electron chi connectivity index (χ3n) is 4.35. The van der Waals surface area contributed by atoms with E-state index in [4.69, 9.17) is 0 Å². The predicted molar refractivity (Wildman–Crippen MR) is 117 cm³/mol. The van der Waals surface area contributed by atoms with E-state index >= 15 is 0 Å². The van der Waals surface area contributed by atoms with Gasteiger partial charge in [0.25, 0.3) is 15.9 Å². The molecule has 3 rings (SSSR count). The normalized spacial score (nSPS) is 12.1. The summed E-state index contributed by atoms with van der Waals surface area (Å²) in [5, 5.41) is 5.66. The molecule has 1 heterocycles. The zero-order valence-corrected chi connectivity index (χ0v) is 18.3. The SMILES string of the molecule is Cc1ccsc1/C=N\NC(=O)CN(c1cccc(C(F)(F)F)c1)S(=O)(=O)c1ccccc1. The van der Waals surface area contributed by atoms with Gasteiger partial charge in [0.15, 0.2) is 0 Å². The second-order valence-corrected chi connectivity index (χ2v) is 9.44. The number of alkyl halides is 3. The molecule has 0 unspecified atom stereocenters. The van der Waals surface area contributed by atoms with Gasteiger partial charge in [-0.05, 0) is 54.3 Å². The van der Waals surface area contributed by atoms with Crippen molar-refractivity contribution in [3.63, 3.8) is 0 Å². The van der Waals surface area contributed by atoms with Crippen molar-refractivity contribution in [1.29, 1.82) is 0 Å². The van der Waals surface area contributed by atoms with Crippen LogP contribution >= 0.6 is 11.3 Å². The molecular formula is C21H18F3N3O3S2. The molecule has 0 radical (unpaired) electrons. The molecule has 0 saturated carbocycles.